The Morgan fingerprint density at radius 2 is 2.50 bits per heavy atom. The standard InChI is InChI=1S/C9H15N3/c1-4-5-8(10)9-6-7(2)12(3)11-9/h4,6,8H,1,5,10H2,2-3H3. The van der Waals surface area contributed by atoms with Gasteiger partial charge in [-0.05, 0) is 19.4 Å². The lowest BCUT2D eigenvalue weighted by molar-refractivity contribution is 0.661. The van der Waals surface area contributed by atoms with Gasteiger partial charge < -0.3 is 5.73 Å². The second-order valence-corrected chi connectivity index (χ2v) is 2.97. The fourth-order valence-corrected chi connectivity index (χ4v) is 1.07. The Kier molecular flexibility index (Phi) is 2.65. The summed E-state index contributed by atoms with van der Waals surface area (Å²) in [7, 11) is 1.92. The molecule has 1 aromatic rings. The minimum Gasteiger partial charge on any atom is -0.322 e. The molecule has 1 heterocycles. The Bertz CT molecular complexity index is 256. The summed E-state index contributed by atoms with van der Waals surface area (Å²) in [5.74, 6) is 0. The number of hydrogen-bond acceptors (Lipinski definition) is 2. The highest BCUT2D eigenvalue weighted by Gasteiger charge is 2.08. The Morgan fingerprint density at radius 3 is 2.92 bits per heavy atom. The number of aromatic nitrogens is 2. The van der Waals surface area contributed by atoms with Gasteiger partial charge in [0.2, 0.25) is 0 Å². The molecule has 3 heteroatoms. The monoisotopic (exact) mass is 165 g/mol. The molecule has 1 unspecified atom stereocenters. The molecule has 12 heavy (non-hydrogen) atoms. The molecule has 0 aromatic carbocycles. The van der Waals surface area contributed by atoms with Gasteiger partial charge in [-0.15, -0.1) is 6.58 Å². The molecule has 3 nitrogen and oxygen atoms in total. The number of nitrogens with zero attached hydrogens (tertiary/aromatic N) is 2. The third-order valence-electron chi connectivity index (χ3n) is 1.93. The third kappa shape index (κ3) is 1.74. The van der Waals surface area contributed by atoms with Crippen molar-refractivity contribution in [1.82, 2.24) is 9.78 Å². The van der Waals surface area contributed by atoms with Crippen molar-refractivity contribution in [2.75, 3.05) is 0 Å². The average molecular weight is 165 g/mol. The average Bonchev–Trinajstić information content (AvgIpc) is 2.33. The van der Waals surface area contributed by atoms with Gasteiger partial charge in [0.1, 0.15) is 0 Å². The molecule has 0 amide bonds. The Labute approximate surface area is 72.9 Å². The molecule has 2 N–H and O–H groups in total. The van der Waals surface area contributed by atoms with Gasteiger partial charge in [-0.2, -0.15) is 5.10 Å². The normalized spacial score (nSPS) is 12.9. The minimum absolute atomic E-state index is 0.0117. The molecule has 0 aliphatic rings. The van der Waals surface area contributed by atoms with E-state index in [0.29, 0.717) is 0 Å². The van der Waals surface area contributed by atoms with E-state index < -0.39 is 0 Å². The van der Waals surface area contributed by atoms with Gasteiger partial charge in [0.25, 0.3) is 0 Å². The first kappa shape index (κ1) is 9.00. The fraction of sp³-hybridized carbons (Fsp3) is 0.444. The summed E-state index contributed by atoms with van der Waals surface area (Å²) in [5.41, 5.74) is 7.91. The van der Waals surface area contributed by atoms with Crippen molar-refractivity contribution in [1.29, 1.82) is 0 Å². The largest absolute Gasteiger partial charge is 0.322 e. The zero-order valence-electron chi connectivity index (χ0n) is 7.62. The number of nitrogens with two attached hydrogens (primary N) is 1. The molecule has 0 fully saturated rings. The number of rotatable bonds is 3. The summed E-state index contributed by atoms with van der Waals surface area (Å²) in [6.45, 7) is 5.65. The first-order chi connectivity index (χ1) is 5.65. The molecular formula is C9H15N3. The van der Waals surface area contributed by atoms with E-state index in [1.54, 1.807) is 0 Å². The van der Waals surface area contributed by atoms with E-state index in [9.17, 15) is 0 Å². The fourth-order valence-electron chi connectivity index (χ4n) is 1.07. The molecular weight excluding hydrogens is 150 g/mol. The maximum atomic E-state index is 5.84. The molecule has 0 aliphatic carbocycles. The minimum atomic E-state index is -0.0117. The van der Waals surface area contributed by atoms with E-state index in [2.05, 4.69) is 11.7 Å². The van der Waals surface area contributed by atoms with E-state index >= 15 is 0 Å². The number of aryl methyl sites for hydroxylation is 2. The van der Waals surface area contributed by atoms with E-state index in [-0.39, 0.29) is 6.04 Å². The van der Waals surface area contributed by atoms with Gasteiger partial charge in [-0.25, -0.2) is 0 Å². The Morgan fingerprint density at radius 1 is 1.83 bits per heavy atom. The van der Waals surface area contributed by atoms with Gasteiger partial charge in [0, 0.05) is 12.7 Å². The van der Waals surface area contributed by atoms with Crippen LogP contribution in [0.2, 0.25) is 0 Å². The second kappa shape index (κ2) is 3.54. The maximum Gasteiger partial charge on any atom is 0.0797 e. The first-order valence-corrected chi connectivity index (χ1v) is 4.02. The maximum absolute atomic E-state index is 5.84. The lowest BCUT2D eigenvalue weighted by atomic mass is 10.1. The van der Waals surface area contributed by atoms with Crippen LogP contribution in [-0.4, -0.2) is 9.78 Å². The summed E-state index contributed by atoms with van der Waals surface area (Å²) >= 11 is 0. The Hall–Kier alpha value is -1.09. The predicted molar refractivity (Wildman–Crippen MR) is 49.7 cm³/mol. The molecule has 0 saturated heterocycles. The molecule has 1 atom stereocenters. The number of hydrogen-bond donors (Lipinski definition) is 1. The van der Waals surface area contributed by atoms with Gasteiger partial charge in [-0.3, -0.25) is 4.68 Å². The highest BCUT2D eigenvalue weighted by Crippen LogP contribution is 2.13. The van der Waals surface area contributed by atoms with Crippen molar-refractivity contribution in [3.63, 3.8) is 0 Å². The van der Waals surface area contributed by atoms with Crippen LogP contribution in [0.1, 0.15) is 23.9 Å². The highest BCUT2D eigenvalue weighted by atomic mass is 15.3. The Balaban J connectivity index is 2.80. The zero-order valence-corrected chi connectivity index (χ0v) is 7.62. The van der Waals surface area contributed by atoms with Gasteiger partial charge >= 0.3 is 0 Å². The van der Waals surface area contributed by atoms with Crippen molar-refractivity contribution in [3.05, 3.63) is 30.1 Å². The van der Waals surface area contributed by atoms with Crippen molar-refractivity contribution in [2.45, 2.75) is 19.4 Å². The van der Waals surface area contributed by atoms with E-state index in [0.717, 1.165) is 17.8 Å². The lowest BCUT2D eigenvalue weighted by Gasteiger charge is -2.03. The van der Waals surface area contributed by atoms with E-state index in [1.807, 2.05) is 30.8 Å². The summed E-state index contributed by atoms with van der Waals surface area (Å²) in [6, 6.07) is 2.00. The summed E-state index contributed by atoms with van der Waals surface area (Å²) in [6.07, 6.45) is 2.59. The van der Waals surface area contributed by atoms with Crippen molar-refractivity contribution >= 4 is 0 Å². The van der Waals surface area contributed by atoms with Gasteiger partial charge in [0.05, 0.1) is 11.7 Å². The summed E-state index contributed by atoms with van der Waals surface area (Å²) in [4.78, 5) is 0. The molecule has 66 valence electrons. The lowest BCUT2D eigenvalue weighted by Crippen LogP contribution is -2.10. The molecule has 1 aromatic heterocycles. The van der Waals surface area contributed by atoms with Crippen LogP contribution in [0, 0.1) is 6.92 Å². The third-order valence-corrected chi connectivity index (χ3v) is 1.93. The van der Waals surface area contributed by atoms with E-state index in [4.69, 9.17) is 5.73 Å². The van der Waals surface area contributed by atoms with E-state index in [1.165, 1.54) is 0 Å². The molecule has 1 rings (SSSR count). The van der Waals surface area contributed by atoms with Crippen LogP contribution >= 0.6 is 0 Å². The van der Waals surface area contributed by atoms with Crippen LogP contribution < -0.4 is 5.73 Å². The van der Waals surface area contributed by atoms with Crippen LogP contribution in [0.15, 0.2) is 18.7 Å². The molecule has 0 radical (unpaired) electrons. The van der Waals surface area contributed by atoms with Crippen molar-refractivity contribution in [3.8, 4) is 0 Å². The zero-order chi connectivity index (χ0) is 9.14. The van der Waals surface area contributed by atoms with Gasteiger partial charge in [-0.1, -0.05) is 6.08 Å². The predicted octanol–water partition coefficient (Wildman–Crippen LogP) is 1.30. The van der Waals surface area contributed by atoms with Crippen molar-refractivity contribution < 1.29 is 0 Å². The van der Waals surface area contributed by atoms with Crippen LogP contribution in [0.25, 0.3) is 0 Å². The van der Waals surface area contributed by atoms with Crippen LogP contribution in [-0.2, 0) is 7.05 Å². The van der Waals surface area contributed by atoms with Crippen LogP contribution in [0.4, 0.5) is 0 Å². The van der Waals surface area contributed by atoms with Crippen LogP contribution in [0.3, 0.4) is 0 Å². The molecule has 0 aliphatic heterocycles. The molecule has 0 spiro atoms. The van der Waals surface area contributed by atoms with Gasteiger partial charge in [0.15, 0.2) is 0 Å². The SMILES string of the molecule is C=CCC(N)c1cc(C)n(C)n1. The summed E-state index contributed by atoms with van der Waals surface area (Å²) in [5, 5.41) is 4.27. The topological polar surface area (TPSA) is 43.8 Å². The quantitative estimate of drug-likeness (QED) is 0.686. The smallest absolute Gasteiger partial charge is 0.0797 e. The second-order valence-electron chi connectivity index (χ2n) is 2.97. The van der Waals surface area contributed by atoms with Crippen molar-refractivity contribution in [2.24, 2.45) is 12.8 Å². The molecule has 0 saturated carbocycles. The first-order valence-electron chi connectivity index (χ1n) is 4.02. The van der Waals surface area contributed by atoms with Crippen LogP contribution in [0.5, 0.6) is 0 Å². The molecule has 0 bridgehead atoms. The summed E-state index contributed by atoms with van der Waals surface area (Å²) < 4.78 is 1.83. The highest BCUT2D eigenvalue weighted by molar-refractivity contribution is 5.12.